The average molecular weight is 410 g/mol. The summed E-state index contributed by atoms with van der Waals surface area (Å²) in [6, 6.07) is 10.6. The van der Waals surface area contributed by atoms with E-state index in [1.54, 1.807) is 23.9 Å². The van der Waals surface area contributed by atoms with Gasteiger partial charge < -0.3 is 10.1 Å². The molecule has 0 aromatic heterocycles. The number of nitrogens with one attached hydrogen (secondary N) is 1. The molecule has 2 aromatic rings. The maximum Gasteiger partial charge on any atom is 0.255 e. The van der Waals surface area contributed by atoms with Crippen LogP contribution >= 0.6 is 11.8 Å². The molecule has 1 aliphatic rings. The summed E-state index contributed by atoms with van der Waals surface area (Å²) >= 11 is 1.58. The van der Waals surface area contributed by atoms with Gasteiger partial charge in [0, 0.05) is 29.2 Å². The lowest BCUT2D eigenvalue weighted by Crippen LogP contribution is -2.41. The van der Waals surface area contributed by atoms with Gasteiger partial charge in [0.15, 0.2) is 0 Å². The first kappa shape index (κ1) is 19.8. The number of carbonyl (C=O) groups is 1. The summed E-state index contributed by atoms with van der Waals surface area (Å²) in [5.41, 5.74) is 0.636. The van der Waals surface area contributed by atoms with Crippen molar-refractivity contribution in [2.75, 3.05) is 37.9 Å². The number of nitrogens with zero attached hydrogens (tertiary/aromatic N) is 1. The third-order valence-electron chi connectivity index (χ3n) is 4.13. The Kier molecular flexibility index (Phi) is 6.15. The Bertz CT molecular complexity index is 927. The monoisotopic (exact) mass is 410 g/mol. The number of carbonyl (C=O) groups excluding carboxylic acids is 1. The molecule has 0 saturated carbocycles. The highest BCUT2D eigenvalue weighted by molar-refractivity contribution is 7.98. The predicted molar refractivity (Wildman–Crippen MR) is 102 cm³/mol. The van der Waals surface area contributed by atoms with Crippen LogP contribution in [-0.4, -0.2) is 51.2 Å². The van der Waals surface area contributed by atoms with Gasteiger partial charge in [0.1, 0.15) is 10.7 Å². The molecule has 6 nitrogen and oxygen atoms in total. The molecule has 1 N–H and O–H groups in total. The molecule has 1 heterocycles. The summed E-state index contributed by atoms with van der Waals surface area (Å²) in [5.74, 6) is -1.40. The summed E-state index contributed by atoms with van der Waals surface area (Å²) in [6.45, 7) is 0.820. The van der Waals surface area contributed by atoms with Crippen molar-refractivity contribution < 1.29 is 22.3 Å². The van der Waals surface area contributed by atoms with Crippen LogP contribution in [0, 0.1) is 5.82 Å². The van der Waals surface area contributed by atoms with Crippen molar-refractivity contribution >= 4 is 33.4 Å². The van der Waals surface area contributed by atoms with E-state index in [0.29, 0.717) is 5.69 Å². The zero-order valence-electron chi connectivity index (χ0n) is 14.6. The molecule has 1 amide bonds. The third kappa shape index (κ3) is 4.49. The molecule has 9 heteroatoms. The molecule has 3 rings (SSSR count). The summed E-state index contributed by atoms with van der Waals surface area (Å²) in [5, 5.41) is 2.69. The molecule has 27 heavy (non-hydrogen) atoms. The van der Waals surface area contributed by atoms with Gasteiger partial charge in [-0.3, -0.25) is 4.79 Å². The molecule has 0 aliphatic carbocycles. The number of hydrogen-bond acceptors (Lipinski definition) is 5. The highest BCUT2D eigenvalue weighted by Crippen LogP contribution is 2.23. The summed E-state index contributed by atoms with van der Waals surface area (Å²) in [7, 11) is -4.04. The minimum Gasteiger partial charge on any atom is -0.379 e. The fourth-order valence-electron chi connectivity index (χ4n) is 2.65. The Morgan fingerprint density at radius 3 is 2.44 bits per heavy atom. The highest BCUT2D eigenvalue weighted by Gasteiger charge is 2.29. The van der Waals surface area contributed by atoms with E-state index in [-0.39, 0.29) is 31.9 Å². The van der Waals surface area contributed by atoms with Gasteiger partial charge in [-0.25, -0.2) is 12.8 Å². The molecular weight excluding hydrogens is 391 g/mol. The zero-order chi connectivity index (χ0) is 19.4. The topological polar surface area (TPSA) is 75.7 Å². The summed E-state index contributed by atoms with van der Waals surface area (Å²) in [4.78, 5) is 13.0. The van der Waals surface area contributed by atoms with Gasteiger partial charge in [0.2, 0.25) is 10.0 Å². The number of hydrogen-bond donors (Lipinski definition) is 1. The Morgan fingerprint density at radius 2 is 1.81 bits per heavy atom. The maximum atomic E-state index is 14.2. The number of sulfonamides is 1. The number of anilines is 1. The molecule has 1 aliphatic heterocycles. The van der Waals surface area contributed by atoms with Gasteiger partial charge in [-0.1, -0.05) is 0 Å². The van der Waals surface area contributed by atoms with Crippen LogP contribution in [0.25, 0.3) is 0 Å². The van der Waals surface area contributed by atoms with Crippen LogP contribution in [-0.2, 0) is 14.8 Å². The van der Waals surface area contributed by atoms with E-state index in [2.05, 4.69) is 5.32 Å². The maximum absolute atomic E-state index is 14.2. The standard InChI is InChI=1S/C18H19FN2O4S2/c1-26-15-5-3-14(4-6-15)20-18(22)13-2-7-16(19)17(12-13)27(23,24)21-8-10-25-11-9-21/h2-7,12H,8-11H2,1H3,(H,20,22). The minimum atomic E-state index is -4.04. The Labute approximate surface area is 161 Å². The van der Waals surface area contributed by atoms with E-state index in [1.165, 1.54) is 6.07 Å². The highest BCUT2D eigenvalue weighted by atomic mass is 32.2. The van der Waals surface area contributed by atoms with Crippen molar-refractivity contribution in [1.29, 1.82) is 0 Å². The van der Waals surface area contributed by atoms with Crippen molar-refractivity contribution in [3.8, 4) is 0 Å². The summed E-state index contributed by atoms with van der Waals surface area (Å²) < 4.78 is 45.9. The first-order valence-electron chi connectivity index (χ1n) is 8.24. The van der Waals surface area contributed by atoms with Crippen molar-refractivity contribution in [2.24, 2.45) is 0 Å². The first-order valence-corrected chi connectivity index (χ1v) is 10.9. The van der Waals surface area contributed by atoms with Gasteiger partial charge in [-0.15, -0.1) is 11.8 Å². The Morgan fingerprint density at radius 1 is 1.15 bits per heavy atom. The quantitative estimate of drug-likeness (QED) is 0.767. The lowest BCUT2D eigenvalue weighted by atomic mass is 10.2. The van der Waals surface area contributed by atoms with Crippen molar-refractivity contribution in [1.82, 2.24) is 4.31 Å². The van der Waals surface area contributed by atoms with Crippen LogP contribution in [0.4, 0.5) is 10.1 Å². The molecule has 1 saturated heterocycles. The molecule has 2 aromatic carbocycles. The fraction of sp³-hybridized carbons (Fsp3) is 0.278. The van der Waals surface area contributed by atoms with E-state index < -0.39 is 26.6 Å². The molecule has 0 spiro atoms. The van der Waals surface area contributed by atoms with Crippen LogP contribution in [0.1, 0.15) is 10.4 Å². The number of amides is 1. The van der Waals surface area contributed by atoms with Crippen LogP contribution in [0.15, 0.2) is 52.3 Å². The molecule has 0 unspecified atom stereocenters. The predicted octanol–water partition coefficient (Wildman–Crippen LogP) is 2.82. The Hall–Kier alpha value is -1.94. The van der Waals surface area contributed by atoms with E-state index in [0.717, 1.165) is 21.3 Å². The van der Waals surface area contributed by atoms with E-state index in [1.807, 2.05) is 18.4 Å². The molecule has 0 bridgehead atoms. The van der Waals surface area contributed by atoms with Gasteiger partial charge in [-0.2, -0.15) is 4.31 Å². The number of benzene rings is 2. The second-order valence-electron chi connectivity index (χ2n) is 5.84. The molecule has 0 radical (unpaired) electrons. The summed E-state index contributed by atoms with van der Waals surface area (Å²) in [6.07, 6.45) is 1.95. The molecule has 0 atom stereocenters. The zero-order valence-corrected chi connectivity index (χ0v) is 16.3. The van der Waals surface area contributed by atoms with Gasteiger partial charge >= 0.3 is 0 Å². The van der Waals surface area contributed by atoms with Crippen LogP contribution < -0.4 is 5.32 Å². The molecular formula is C18H19FN2O4S2. The van der Waals surface area contributed by atoms with E-state index in [4.69, 9.17) is 4.74 Å². The van der Waals surface area contributed by atoms with Gasteiger partial charge in [0.25, 0.3) is 5.91 Å². The van der Waals surface area contributed by atoms with Crippen molar-refractivity contribution in [2.45, 2.75) is 9.79 Å². The first-order chi connectivity index (χ1) is 12.9. The largest absolute Gasteiger partial charge is 0.379 e. The van der Waals surface area contributed by atoms with Crippen LogP contribution in [0.2, 0.25) is 0 Å². The fourth-order valence-corrected chi connectivity index (χ4v) is 4.55. The second-order valence-corrected chi connectivity index (χ2v) is 8.63. The normalized spacial score (nSPS) is 15.5. The smallest absolute Gasteiger partial charge is 0.255 e. The number of morpholine rings is 1. The van der Waals surface area contributed by atoms with E-state index in [9.17, 15) is 17.6 Å². The number of rotatable bonds is 5. The Balaban J connectivity index is 1.84. The number of thioether (sulfide) groups is 1. The van der Waals surface area contributed by atoms with Gasteiger partial charge in [0.05, 0.1) is 13.2 Å². The molecule has 144 valence electrons. The van der Waals surface area contributed by atoms with Gasteiger partial charge in [-0.05, 0) is 48.7 Å². The minimum absolute atomic E-state index is 0.0668. The van der Waals surface area contributed by atoms with E-state index >= 15 is 0 Å². The number of halogens is 1. The van der Waals surface area contributed by atoms with Crippen LogP contribution in [0.3, 0.4) is 0 Å². The third-order valence-corrected chi connectivity index (χ3v) is 6.79. The number of ether oxygens (including phenoxy) is 1. The van der Waals surface area contributed by atoms with Crippen LogP contribution in [0.5, 0.6) is 0 Å². The second kappa shape index (κ2) is 8.39. The van der Waals surface area contributed by atoms with Crippen molar-refractivity contribution in [3.05, 3.63) is 53.8 Å². The lowest BCUT2D eigenvalue weighted by Gasteiger charge is -2.26. The molecule has 1 fully saturated rings. The lowest BCUT2D eigenvalue weighted by molar-refractivity contribution is 0.0729. The average Bonchev–Trinajstić information content (AvgIpc) is 2.69. The van der Waals surface area contributed by atoms with Crippen molar-refractivity contribution in [3.63, 3.8) is 0 Å². The SMILES string of the molecule is CSc1ccc(NC(=O)c2ccc(F)c(S(=O)(=O)N3CCOCC3)c2)cc1.